The quantitative estimate of drug-likeness (QED) is 0.400. The van der Waals surface area contributed by atoms with Gasteiger partial charge in [0.1, 0.15) is 30.1 Å². The highest BCUT2D eigenvalue weighted by atomic mass is 16.5. The number of carbonyl (C=O) groups excluding carboxylic acids is 1. The Kier molecular flexibility index (Phi) is 9.69. The van der Waals surface area contributed by atoms with E-state index in [9.17, 15) is 9.90 Å². The van der Waals surface area contributed by atoms with Crippen molar-refractivity contribution in [2.45, 2.75) is 38.3 Å². The number of likely N-dealkylation sites (N-methyl/N-ethyl adjacent to an activating group) is 1. The Morgan fingerprint density at radius 2 is 1.88 bits per heavy atom. The molecule has 218 valence electrons. The van der Waals surface area contributed by atoms with E-state index in [1.165, 1.54) is 0 Å². The minimum Gasteiger partial charge on any atom is -0.491 e. The van der Waals surface area contributed by atoms with Crippen molar-refractivity contribution in [3.8, 4) is 17.1 Å². The van der Waals surface area contributed by atoms with Gasteiger partial charge in [-0.1, -0.05) is 12.1 Å². The van der Waals surface area contributed by atoms with Crippen LogP contribution < -0.4 is 20.3 Å². The molecule has 5 rings (SSSR count). The van der Waals surface area contributed by atoms with Gasteiger partial charge in [-0.3, -0.25) is 4.79 Å². The van der Waals surface area contributed by atoms with Crippen LogP contribution in [0.1, 0.15) is 24.8 Å². The molecule has 1 saturated carbocycles. The summed E-state index contributed by atoms with van der Waals surface area (Å²) in [5.74, 6) is 3.23. The SMILES string of the molecule is CNCC(O)COc1cccc(-c2nc(N[C@@H]3CC[C@H](C(=O)N4CCOCC4)C3)c(C)c(N3CCOCC3)n2)c1. The monoisotopic (exact) mass is 554 g/mol. The van der Waals surface area contributed by atoms with Gasteiger partial charge in [0.25, 0.3) is 0 Å². The van der Waals surface area contributed by atoms with Crippen LogP contribution in [0.4, 0.5) is 11.6 Å². The average Bonchev–Trinajstić information content (AvgIpc) is 3.46. The fraction of sp³-hybridized carbons (Fsp3) is 0.621. The van der Waals surface area contributed by atoms with E-state index in [4.69, 9.17) is 24.2 Å². The van der Waals surface area contributed by atoms with E-state index in [0.29, 0.717) is 57.6 Å². The maximum atomic E-state index is 13.1. The van der Waals surface area contributed by atoms with Gasteiger partial charge >= 0.3 is 0 Å². The molecule has 1 aromatic heterocycles. The Balaban J connectivity index is 1.36. The molecule has 3 fully saturated rings. The van der Waals surface area contributed by atoms with Gasteiger partial charge in [-0.15, -0.1) is 0 Å². The summed E-state index contributed by atoms with van der Waals surface area (Å²) in [4.78, 5) is 27.3. The van der Waals surface area contributed by atoms with Crippen LogP contribution in [0.15, 0.2) is 24.3 Å². The fourth-order valence-electron chi connectivity index (χ4n) is 5.64. The van der Waals surface area contributed by atoms with Gasteiger partial charge in [0.15, 0.2) is 5.82 Å². The highest BCUT2D eigenvalue weighted by Crippen LogP contribution is 2.34. The summed E-state index contributed by atoms with van der Waals surface area (Å²) in [6.45, 7) is 8.17. The lowest BCUT2D eigenvalue weighted by molar-refractivity contribution is -0.139. The molecule has 0 spiro atoms. The Morgan fingerprint density at radius 1 is 1.12 bits per heavy atom. The Bertz CT molecular complexity index is 1140. The molecule has 1 unspecified atom stereocenters. The molecule has 1 amide bonds. The number of nitrogens with zero attached hydrogens (tertiary/aromatic N) is 4. The molecule has 1 aromatic carbocycles. The number of rotatable bonds is 10. The van der Waals surface area contributed by atoms with E-state index in [2.05, 4.69) is 22.5 Å². The first kappa shape index (κ1) is 28.5. The van der Waals surface area contributed by atoms with Crippen LogP contribution in [0.2, 0.25) is 0 Å². The third-order valence-electron chi connectivity index (χ3n) is 7.85. The van der Waals surface area contributed by atoms with Crippen molar-refractivity contribution in [2.24, 2.45) is 5.92 Å². The summed E-state index contributed by atoms with van der Waals surface area (Å²) < 4.78 is 16.9. The highest BCUT2D eigenvalue weighted by molar-refractivity contribution is 5.79. The second-order valence-corrected chi connectivity index (χ2v) is 10.8. The molecular weight excluding hydrogens is 512 g/mol. The zero-order valence-corrected chi connectivity index (χ0v) is 23.6. The molecule has 2 aliphatic heterocycles. The minimum atomic E-state index is -0.599. The Morgan fingerprint density at radius 3 is 2.62 bits per heavy atom. The third kappa shape index (κ3) is 7.01. The Hall–Kier alpha value is -2.99. The molecule has 11 heteroatoms. The molecule has 2 aromatic rings. The number of aromatic nitrogens is 2. The van der Waals surface area contributed by atoms with E-state index in [-0.39, 0.29) is 24.5 Å². The van der Waals surface area contributed by atoms with Crippen LogP contribution in [0.5, 0.6) is 5.75 Å². The smallest absolute Gasteiger partial charge is 0.225 e. The average molecular weight is 555 g/mol. The molecule has 11 nitrogen and oxygen atoms in total. The van der Waals surface area contributed by atoms with Crippen molar-refractivity contribution in [1.29, 1.82) is 0 Å². The molecule has 1 aliphatic carbocycles. The van der Waals surface area contributed by atoms with Crippen molar-refractivity contribution in [3.05, 3.63) is 29.8 Å². The number of amides is 1. The maximum absolute atomic E-state index is 13.1. The third-order valence-corrected chi connectivity index (χ3v) is 7.85. The lowest BCUT2D eigenvalue weighted by Gasteiger charge is -2.30. The number of carbonyl (C=O) groups is 1. The molecule has 2 saturated heterocycles. The number of anilines is 2. The number of hydrogen-bond donors (Lipinski definition) is 3. The second-order valence-electron chi connectivity index (χ2n) is 10.8. The van der Waals surface area contributed by atoms with E-state index in [1.807, 2.05) is 29.2 Å². The zero-order chi connectivity index (χ0) is 27.9. The van der Waals surface area contributed by atoms with Crippen LogP contribution in [0.25, 0.3) is 11.4 Å². The number of ether oxygens (including phenoxy) is 3. The molecule has 3 aliphatic rings. The van der Waals surface area contributed by atoms with Gasteiger partial charge in [-0.05, 0) is 45.4 Å². The Labute approximate surface area is 236 Å². The van der Waals surface area contributed by atoms with Crippen molar-refractivity contribution in [2.75, 3.05) is 83.0 Å². The molecule has 3 N–H and O–H groups in total. The number of hydrogen-bond acceptors (Lipinski definition) is 10. The largest absolute Gasteiger partial charge is 0.491 e. The first-order valence-corrected chi connectivity index (χ1v) is 14.4. The summed E-state index contributed by atoms with van der Waals surface area (Å²) in [5, 5.41) is 16.7. The molecule has 0 bridgehead atoms. The first-order chi connectivity index (χ1) is 19.5. The van der Waals surface area contributed by atoms with E-state index in [1.54, 1.807) is 7.05 Å². The van der Waals surface area contributed by atoms with Gasteiger partial charge in [0, 0.05) is 55.8 Å². The fourth-order valence-corrected chi connectivity index (χ4v) is 5.64. The number of nitrogens with one attached hydrogen (secondary N) is 2. The predicted octanol–water partition coefficient (Wildman–Crippen LogP) is 1.69. The van der Waals surface area contributed by atoms with Gasteiger partial charge in [0.05, 0.1) is 26.4 Å². The van der Waals surface area contributed by atoms with E-state index < -0.39 is 6.10 Å². The molecule has 0 radical (unpaired) electrons. The zero-order valence-electron chi connectivity index (χ0n) is 23.6. The van der Waals surface area contributed by atoms with Crippen LogP contribution in [-0.2, 0) is 14.3 Å². The van der Waals surface area contributed by atoms with Crippen LogP contribution in [0, 0.1) is 12.8 Å². The first-order valence-electron chi connectivity index (χ1n) is 14.4. The van der Waals surface area contributed by atoms with Gasteiger partial charge < -0.3 is 39.8 Å². The van der Waals surface area contributed by atoms with Crippen molar-refractivity contribution >= 4 is 17.5 Å². The van der Waals surface area contributed by atoms with Crippen molar-refractivity contribution in [3.63, 3.8) is 0 Å². The number of aliphatic hydroxyl groups is 1. The highest BCUT2D eigenvalue weighted by Gasteiger charge is 2.34. The molecule has 3 heterocycles. The summed E-state index contributed by atoms with van der Waals surface area (Å²) in [6, 6.07) is 7.84. The predicted molar refractivity (Wildman–Crippen MR) is 153 cm³/mol. The minimum absolute atomic E-state index is 0.0306. The topological polar surface area (TPSA) is 121 Å². The molecular formula is C29H42N6O5. The summed E-state index contributed by atoms with van der Waals surface area (Å²) in [6.07, 6.45) is 1.99. The number of aliphatic hydroxyl groups excluding tert-OH is 1. The maximum Gasteiger partial charge on any atom is 0.225 e. The lowest BCUT2D eigenvalue weighted by Crippen LogP contribution is -2.43. The number of morpholine rings is 2. The van der Waals surface area contributed by atoms with Crippen molar-refractivity contribution < 1.29 is 24.1 Å². The van der Waals surface area contributed by atoms with Gasteiger partial charge in [-0.2, -0.15) is 0 Å². The van der Waals surface area contributed by atoms with Crippen molar-refractivity contribution in [1.82, 2.24) is 20.2 Å². The second kappa shape index (κ2) is 13.6. The lowest BCUT2D eigenvalue weighted by atomic mass is 10.1. The molecule has 40 heavy (non-hydrogen) atoms. The summed E-state index contributed by atoms with van der Waals surface area (Å²) in [5.41, 5.74) is 1.83. The van der Waals surface area contributed by atoms with E-state index in [0.717, 1.165) is 55.1 Å². The normalized spacial score (nSPS) is 22.3. The van der Waals surface area contributed by atoms with E-state index >= 15 is 0 Å². The van der Waals surface area contributed by atoms with Crippen LogP contribution in [-0.4, -0.2) is 111 Å². The van der Waals surface area contributed by atoms with Crippen LogP contribution in [0.3, 0.4) is 0 Å². The number of benzene rings is 1. The summed E-state index contributed by atoms with van der Waals surface area (Å²) in [7, 11) is 1.80. The molecule has 3 atom stereocenters. The summed E-state index contributed by atoms with van der Waals surface area (Å²) >= 11 is 0. The van der Waals surface area contributed by atoms with Crippen LogP contribution >= 0.6 is 0 Å². The van der Waals surface area contributed by atoms with Gasteiger partial charge in [0.2, 0.25) is 5.91 Å². The van der Waals surface area contributed by atoms with Gasteiger partial charge in [-0.25, -0.2) is 9.97 Å². The standard InChI is InChI=1S/C29H42N6O5/c1-20-26(31-23-7-6-22(16-23)29(37)35-10-14-39-15-11-35)32-27(33-28(20)34-8-12-38-13-9-34)21-4-3-5-25(17-21)40-19-24(36)18-30-2/h3-5,17,22-24,30,36H,6-16,18-19H2,1-2H3,(H,31,32,33)/t22-,23+,24?/m0/s1.